The van der Waals surface area contributed by atoms with E-state index in [0.717, 1.165) is 36.9 Å². The third kappa shape index (κ3) is 3.77. The molecule has 0 aliphatic carbocycles. The molecule has 1 fully saturated rings. The smallest absolute Gasteiger partial charge is 0.0874 e. The van der Waals surface area contributed by atoms with Gasteiger partial charge in [-0.1, -0.05) is 34.5 Å². The Morgan fingerprint density at radius 3 is 2.14 bits per heavy atom. The van der Waals surface area contributed by atoms with Crippen LogP contribution in [0.25, 0.3) is 0 Å². The fraction of sp³-hybridized carbons (Fsp3) is 0.294. The molecule has 4 nitrogen and oxygen atoms in total. The van der Waals surface area contributed by atoms with Crippen LogP contribution in [-0.4, -0.2) is 31.2 Å². The summed E-state index contributed by atoms with van der Waals surface area (Å²) in [7, 11) is 0. The highest BCUT2D eigenvalue weighted by Crippen LogP contribution is 2.20. The van der Waals surface area contributed by atoms with Crippen LogP contribution in [0.3, 0.4) is 0 Å². The van der Waals surface area contributed by atoms with Crippen molar-refractivity contribution in [3.63, 3.8) is 0 Å². The standard InChI is InChI=1S/C17H19ClN4/c1-14-2-6-16(7-3-14)19-20-22-12-10-21(11-13-22)17-8-4-15(18)5-9-17/h2-9H,10-13H2,1H3. The second-order valence-electron chi connectivity index (χ2n) is 5.44. The van der Waals surface area contributed by atoms with Crippen molar-refractivity contribution in [1.82, 2.24) is 5.01 Å². The van der Waals surface area contributed by atoms with E-state index in [4.69, 9.17) is 11.6 Å². The highest BCUT2D eigenvalue weighted by atomic mass is 35.5. The molecule has 0 bridgehead atoms. The fourth-order valence-electron chi connectivity index (χ4n) is 2.42. The van der Waals surface area contributed by atoms with Crippen molar-refractivity contribution in [2.24, 2.45) is 10.3 Å². The summed E-state index contributed by atoms with van der Waals surface area (Å²) in [5.74, 6) is 0. The van der Waals surface area contributed by atoms with Gasteiger partial charge in [0.05, 0.1) is 18.8 Å². The third-order valence-corrected chi connectivity index (χ3v) is 4.02. The fourth-order valence-corrected chi connectivity index (χ4v) is 2.55. The van der Waals surface area contributed by atoms with Gasteiger partial charge in [-0.15, -0.1) is 5.11 Å². The summed E-state index contributed by atoms with van der Waals surface area (Å²) >= 11 is 5.93. The minimum absolute atomic E-state index is 0.772. The molecular formula is C17H19ClN4. The molecule has 0 unspecified atom stereocenters. The number of nitrogens with zero attached hydrogens (tertiary/aromatic N) is 4. The van der Waals surface area contributed by atoms with Crippen LogP contribution in [-0.2, 0) is 0 Å². The average molecular weight is 315 g/mol. The number of hydrogen-bond donors (Lipinski definition) is 0. The van der Waals surface area contributed by atoms with Gasteiger partial charge in [0.2, 0.25) is 0 Å². The van der Waals surface area contributed by atoms with Gasteiger partial charge in [0.25, 0.3) is 0 Å². The van der Waals surface area contributed by atoms with Gasteiger partial charge >= 0.3 is 0 Å². The minimum Gasteiger partial charge on any atom is -0.368 e. The van der Waals surface area contributed by atoms with Gasteiger partial charge in [-0.3, -0.25) is 5.01 Å². The number of hydrogen-bond acceptors (Lipinski definition) is 3. The van der Waals surface area contributed by atoms with Crippen LogP contribution in [0, 0.1) is 6.92 Å². The summed E-state index contributed by atoms with van der Waals surface area (Å²) in [6, 6.07) is 16.1. The molecule has 2 aromatic rings. The largest absolute Gasteiger partial charge is 0.368 e. The number of rotatable bonds is 3. The average Bonchev–Trinajstić information content (AvgIpc) is 2.56. The van der Waals surface area contributed by atoms with Gasteiger partial charge in [-0.25, -0.2) is 0 Å². The van der Waals surface area contributed by atoms with Crippen molar-refractivity contribution in [1.29, 1.82) is 0 Å². The monoisotopic (exact) mass is 314 g/mol. The summed E-state index contributed by atoms with van der Waals surface area (Å²) in [5.41, 5.74) is 3.33. The lowest BCUT2D eigenvalue weighted by molar-refractivity contribution is 0.254. The molecule has 0 atom stereocenters. The van der Waals surface area contributed by atoms with Crippen LogP contribution in [0.2, 0.25) is 5.02 Å². The first-order valence-corrected chi connectivity index (χ1v) is 7.82. The predicted octanol–water partition coefficient (Wildman–Crippen LogP) is 4.47. The van der Waals surface area contributed by atoms with Crippen molar-refractivity contribution in [2.45, 2.75) is 6.92 Å². The van der Waals surface area contributed by atoms with Crippen molar-refractivity contribution < 1.29 is 0 Å². The lowest BCUT2D eigenvalue weighted by Gasteiger charge is -2.33. The zero-order valence-electron chi connectivity index (χ0n) is 12.6. The maximum Gasteiger partial charge on any atom is 0.0874 e. The number of piperazine rings is 1. The number of halogens is 1. The molecule has 22 heavy (non-hydrogen) atoms. The summed E-state index contributed by atoms with van der Waals surface area (Å²) in [4.78, 5) is 2.34. The van der Waals surface area contributed by atoms with E-state index in [1.165, 1.54) is 11.3 Å². The molecule has 1 aliphatic heterocycles. The van der Waals surface area contributed by atoms with Crippen molar-refractivity contribution >= 4 is 23.0 Å². The molecule has 3 rings (SSSR count). The Balaban J connectivity index is 1.55. The molecule has 1 saturated heterocycles. The quantitative estimate of drug-likeness (QED) is 0.783. The second-order valence-corrected chi connectivity index (χ2v) is 5.88. The summed E-state index contributed by atoms with van der Waals surface area (Å²) in [6.45, 7) is 5.69. The third-order valence-electron chi connectivity index (χ3n) is 3.77. The zero-order chi connectivity index (χ0) is 15.4. The first-order valence-electron chi connectivity index (χ1n) is 7.44. The van der Waals surface area contributed by atoms with Crippen molar-refractivity contribution in [3.8, 4) is 0 Å². The summed E-state index contributed by atoms with van der Waals surface area (Å²) in [6.07, 6.45) is 0. The molecule has 0 amide bonds. The van der Waals surface area contributed by atoms with Crippen LogP contribution in [0.15, 0.2) is 58.9 Å². The second kappa shape index (κ2) is 6.79. The first-order chi connectivity index (χ1) is 10.7. The Bertz CT molecular complexity index is 629. The van der Waals surface area contributed by atoms with Crippen LogP contribution in [0.4, 0.5) is 11.4 Å². The van der Waals surface area contributed by atoms with Gasteiger partial charge in [0, 0.05) is 23.8 Å². The van der Waals surface area contributed by atoms with Crippen LogP contribution < -0.4 is 4.90 Å². The molecule has 0 saturated carbocycles. The van der Waals surface area contributed by atoms with Gasteiger partial charge < -0.3 is 4.90 Å². The first kappa shape index (κ1) is 14.9. The Kier molecular flexibility index (Phi) is 4.59. The zero-order valence-corrected chi connectivity index (χ0v) is 13.4. The van der Waals surface area contributed by atoms with E-state index >= 15 is 0 Å². The normalized spacial score (nSPS) is 15.5. The Morgan fingerprint density at radius 2 is 1.50 bits per heavy atom. The van der Waals surface area contributed by atoms with Gasteiger partial charge in [0.15, 0.2) is 0 Å². The topological polar surface area (TPSA) is 31.2 Å². The molecule has 1 aliphatic rings. The molecule has 114 valence electrons. The molecule has 0 aromatic heterocycles. The molecule has 0 radical (unpaired) electrons. The van der Waals surface area contributed by atoms with E-state index in [9.17, 15) is 0 Å². The maximum absolute atomic E-state index is 5.93. The van der Waals surface area contributed by atoms with Crippen LogP contribution in [0.1, 0.15) is 5.56 Å². The number of anilines is 1. The molecule has 0 spiro atoms. The number of aryl methyl sites for hydroxylation is 1. The molecule has 2 aromatic carbocycles. The Morgan fingerprint density at radius 1 is 0.864 bits per heavy atom. The van der Waals surface area contributed by atoms with Crippen molar-refractivity contribution in [2.75, 3.05) is 31.1 Å². The van der Waals surface area contributed by atoms with Gasteiger partial charge in [-0.05, 0) is 43.3 Å². The summed E-state index contributed by atoms with van der Waals surface area (Å²) < 4.78 is 0. The molecule has 5 heteroatoms. The highest BCUT2D eigenvalue weighted by molar-refractivity contribution is 6.30. The lowest BCUT2D eigenvalue weighted by Crippen LogP contribution is -2.43. The Hall–Kier alpha value is -2.07. The van der Waals surface area contributed by atoms with Crippen LogP contribution >= 0.6 is 11.6 Å². The van der Waals surface area contributed by atoms with E-state index in [1.54, 1.807) is 0 Å². The van der Waals surface area contributed by atoms with E-state index in [0.29, 0.717) is 0 Å². The minimum atomic E-state index is 0.772. The SMILES string of the molecule is Cc1ccc(N=NN2CCN(c3ccc(Cl)cc3)CC2)cc1. The number of benzene rings is 2. The predicted molar refractivity (Wildman–Crippen MR) is 90.9 cm³/mol. The van der Waals surface area contributed by atoms with Gasteiger partial charge in [-0.2, -0.15) is 0 Å². The molecule has 1 heterocycles. The Labute approximate surface area is 136 Å². The molecular weight excluding hydrogens is 296 g/mol. The summed E-state index contributed by atoms with van der Waals surface area (Å²) in [5, 5.41) is 11.4. The molecule has 0 N–H and O–H groups in total. The van der Waals surface area contributed by atoms with Gasteiger partial charge in [0.1, 0.15) is 0 Å². The van der Waals surface area contributed by atoms with Crippen molar-refractivity contribution in [3.05, 3.63) is 59.1 Å². The lowest BCUT2D eigenvalue weighted by atomic mass is 10.2. The van der Waals surface area contributed by atoms with E-state index in [-0.39, 0.29) is 0 Å². The van der Waals surface area contributed by atoms with Crippen LogP contribution in [0.5, 0.6) is 0 Å². The highest BCUT2D eigenvalue weighted by Gasteiger charge is 2.15. The van der Waals surface area contributed by atoms with E-state index < -0.39 is 0 Å². The maximum atomic E-state index is 5.93. The van der Waals surface area contributed by atoms with E-state index in [1.807, 2.05) is 41.4 Å². The van der Waals surface area contributed by atoms with E-state index in [2.05, 4.69) is 34.3 Å².